The minimum Gasteiger partial charge on any atom is -0.438 e. The van der Waals surface area contributed by atoms with Crippen molar-refractivity contribution in [1.29, 1.82) is 10.5 Å². The smallest absolute Gasteiger partial charge is 0.205 e. The average molecular weight is 313 g/mol. The van der Waals surface area contributed by atoms with Crippen LogP contribution in [0.5, 0.6) is 5.75 Å². The van der Waals surface area contributed by atoms with E-state index in [2.05, 4.69) is 22.1 Å². The lowest BCUT2D eigenvalue weighted by Crippen LogP contribution is -2.21. The third-order valence-electron chi connectivity index (χ3n) is 4.13. The summed E-state index contributed by atoms with van der Waals surface area (Å²) in [5.74, 6) is 0.244. The zero-order chi connectivity index (χ0) is 16.7. The number of nitrogens with zero attached hydrogens (tertiary/aromatic N) is 3. The Morgan fingerprint density at radius 1 is 1.17 bits per heavy atom. The number of nitriles is 2. The fourth-order valence-electron chi connectivity index (χ4n) is 3.06. The van der Waals surface area contributed by atoms with Crippen molar-refractivity contribution in [3.05, 3.63) is 71.0 Å². The van der Waals surface area contributed by atoms with Gasteiger partial charge in [0, 0.05) is 29.5 Å². The Bertz CT molecular complexity index is 1080. The molecule has 3 aromatic rings. The highest BCUT2D eigenvalue weighted by molar-refractivity contribution is 5.88. The Hall–Kier alpha value is -3.77. The Labute approximate surface area is 137 Å². The molecule has 1 atom stereocenters. The Kier molecular flexibility index (Phi) is 2.97. The van der Waals surface area contributed by atoms with E-state index >= 15 is 0 Å². The molecule has 2 aromatic heterocycles. The van der Waals surface area contributed by atoms with E-state index in [1.807, 2.05) is 24.4 Å². The predicted octanol–water partition coefficient (Wildman–Crippen LogP) is 2.65. The molecule has 0 saturated heterocycles. The van der Waals surface area contributed by atoms with Gasteiger partial charge < -0.3 is 15.5 Å². The molecular weight excluding hydrogens is 302 g/mol. The summed E-state index contributed by atoms with van der Waals surface area (Å²) >= 11 is 0. The fraction of sp³-hybridized carbons (Fsp3) is 0.0556. The lowest BCUT2D eigenvalue weighted by atomic mass is 9.83. The molecule has 3 N–H and O–H groups in total. The molecule has 0 bridgehead atoms. The molecule has 1 aliphatic heterocycles. The van der Waals surface area contributed by atoms with Gasteiger partial charge in [-0.1, -0.05) is 12.1 Å². The zero-order valence-corrected chi connectivity index (χ0v) is 12.4. The number of aromatic amines is 1. The maximum Gasteiger partial charge on any atom is 0.205 e. The molecule has 4 rings (SSSR count). The molecule has 1 aromatic carbocycles. The molecular formula is C18H11N5O. The zero-order valence-electron chi connectivity index (χ0n) is 12.4. The summed E-state index contributed by atoms with van der Waals surface area (Å²) in [6.45, 7) is 0. The second kappa shape index (κ2) is 5.15. The number of nitrogens with two attached hydrogens (primary N) is 1. The molecule has 1 aliphatic rings. The van der Waals surface area contributed by atoms with Crippen LogP contribution in [0.1, 0.15) is 22.6 Å². The maximum absolute atomic E-state index is 9.56. The number of benzene rings is 1. The summed E-state index contributed by atoms with van der Waals surface area (Å²) in [6.07, 6.45) is 4.95. The summed E-state index contributed by atoms with van der Waals surface area (Å²) in [7, 11) is 0. The molecule has 3 heterocycles. The van der Waals surface area contributed by atoms with E-state index in [9.17, 15) is 5.26 Å². The monoisotopic (exact) mass is 313 g/mol. The Morgan fingerprint density at radius 2 is 2.04 bits per heavy atom. The van der Waals surface area contributed by atoms with Gasteiger partial charge in [-0.3, -0.25) is 4.98 Å². The number of fused-ring (bicyclic) bond motifs is 3. The molecule has 0 saturated carbocycles. The molecule has 0 spiro atoms. The largest absolute Gasteiger partial charge is 0.438 e. The number of pyridine rings is 1. The van der Waals surface area contributed by atoms with Crippen LogP contribution in [-0.4, -0.2) is 9.97 Å². The Balaban J connectivity index is 2.01. The third-order valence-corrected chi connectivity index (χ3v) is 4.13. The van der Waals surface area contributed by atoms with Crippen molar-refractivity contribution in [1.82, 2.24) is 9.97 Å². The first-order chi connectivity index (χ1) is 11.7. The molecule has 114 valence electrons. The van der Waals surface area contributed by atoms with Crippen molar-refractivity contribution in [3.63, 3.8) is 0 Å². The molecule has 1 unspecified atom stereocenters. The second-order valence-corrected chi connectivity index (χ2v) is 5.47. The van der Waals surface area contributed by atoms with Gasteiger partial charge in [0.25, 0.3) is 0 Å². The highest BCUT2D eigenvalue weighted by Gasteiger charge is 2.32. The number of hydrogen-bond donors (Lipinski definition) is 2. The highest BCUT2D eigenvalue weighted by Crippen LogP contribution is 2.44. The fourth-order valence-corrected chi connectivity index (χ4v) is 3.06. The number of hydrogen-bond acceptors (Lipinski definition) is 5. The molecule has 0 fully saturated rings. The topological polar surface area (TPSA) is 112 Å². The molecule has 24 heavy (non-hydrogen) atoms. The molecule has 0 aliphatic carbocycles. The lowest BCUT2D eigenvalue weighted by molar-refractivity contribution is 0.397. The van der Waals surface area contributed by atoms with Crippen molar-refractivity contribution >= 4 is 10.9 Å². The second-order valence-electron chi connectivity index (χ2n) is 5.47. The first kappa shape index (κ1) is 13.9. The number of rotatable bonds is 1. The van der Waals surface area contributed by atoms with E-state index < -0.39 is 5.92 Å². The van der Waals surface area contributed by atoms with Crippen LogP contribution in [0.4, 0.5) is 0 Å². The molecule has 6 nitrogen and oxygen atoms in total. The summed E-state index contributed by atoms with van der Waals surface area (Å²) < 4.78 is 5.73. The summed E-state index contributed by atoms with van der Waals surface area (Å²) in [4.78, 5) is 7.25. The van der Waals surface area contributed by atoms with E-state index in [4.69, 9.17) is 15.7 Å². The van der Waals surface area contributed by atoms with Crippen molar-refractivity contribution in [3.8, 4) is 17.9 Å². The number of H-pyrrole nitrogens is 1. The van der Waals surface area contributed by atoms with Crippen molar-refractivity contribution in [2.45, 2.75) is 5.92 Å². The van der Waals surface area contributed by atoms with Crippen LogP contribution in [0.3, 0.4) is 0 Å². The van der Waals surface area contributed by atoms with Gasteiger partial charge in [-0.15, -0.1) is 0 Å². The van der Waals surface area contributed by atoms with Crippen LogP contribution in [-0.2, 0) is 0 Å². The molecule has 0 radical (unpaired) electrons. The van der Waals surface area contributed by atoms with Gasteiger partial charge in [0.05, 0.1) is 17.0 Å². The van der Waals surface area contributed by atoms with E-state index in [0.717, 1.165) is 22.0 Å². The van der Waals surface area contributed by atoms with Crippen LogP contribution in [0.25, 0.3) is 10.9 Å². The normalized spacial score (nSPS) is 16.2. The van der Waals surface area contributed by atoms with E-state index in [1.165, 1.54) is 6.20 Å². The Morgan fingerprint density at radius 3 is 2.83 bits per heavy atom. The summed E-state index contributed by atoms with van der Waals surface area (Å²) in [5.41, 5.74) is 9.10. The van der Waals surface area contributed by atoms with E-state index in [-0.39, 0.29) is 5.88 Å². The van der Waals surface area contributed by atoms with Crippen molar-refractivity contribution in [2.24, 2.45) is 5.73 Å². The quantitative estimate of drug-likeness (QED) is 0.717. The van der Waals surface area contributed by atoms with Gasteiger partial charge in [0.1, 0.15) is 17.7 Å². The van der Waals surface area contributed by atoms with Gasteiger partial charge in [-0.25, -0.2) is 0 Å². The number of allylic oxidation sites excluding steroid dienone is 1. The number of aromatic nitrogens is 2. The minimum absolute atomic E-state index is 0.0689. The number of ether oxygens (including phenoxy) is 1. The molecule has 6 heteroatoms. The van der Waals surface area contributed by atoms with E-state index in [0.29, 0.717) is 16.9 Å². The van der Waals surface area contributed by atoms with Gasteiger partial charge in [-0.05, 0) is 17.7 Å². The van der Waals surface area contributed by atoms with Crippen LogP contribution in [0.2, 0.25) is 0 Å². The maximum atomic E-state index is 9.56. The van der Waals surface area contributed by atoms with Crippen LogP contribution >= 0.6 is 0 Å². The van der Waals surface area contributed by atoms with Gasteiger partial charge in [0.2, 0.25) is 5.88 Å². The average Bonchev–Trinajstić information content (AvgIpc) is 3.09. The predicted molar refractivity (Wildman–Crippen MR) is 86.5 cm³/mol. The van der Waals surface area contributed by atoms with Crippen molar-refractivity contribution in [2.75, 3.05) is 0 Å². The first-order valence-corrected chi connectivity index (χ1v) is 7.25. The lowest BCUT2D eigenvalue weighted by Gasteiger charge is -2.26. The van der Waals surface area contributed by atoms with Crippen LogP contribution in [0.15, 0.2) is 54.3 Å². The van der Waals surface area contributed by atoms with Gasteiger partial charge in [0.15, 0.2) is 5.75 Å². The molecule has 0 amide bonds. The van der Waals surface area contributed by atoms with Crippen molar-refractivity contribution < 1.29 is 4.74 Å². The van der Waals surface area contributed by atoms with Gasteiger partial charge >= 0.3 is 0 Å². The first-order valence-electron chi connectivity index (χ1n) is 7.25. The SMILES string of the molecule is N#CC1=C(N)Oc2c(ccc3cc[nH]c23)C1c1cncc(C#N)c1. The van der Waals surface area contributed by atoms with Gasteiger partial charge in [-0.2, -0.15) is 10.5 Å². The van der Waals surface area contributed by atoms with Crippen LogP contribution in [0, 0.1) is 22.7 Å². The van der Waals surface area contributed by atoms with E-state index in [1.54, 1.807) is 12.3 Å². The minimum atomic E-state index is -0.424. The summed E-state index contributed by atoms with van der Waals surface area (Å²) in [5, 5.41) is 19.7. The summed E-state index contributed by atoms with van der Waals surface area (Å²) in [6, 6.07) is 11.7. The highest BCUT2D eigenvalue weighted by atomic mass is 16.5. The van der Waals surface area contributed by atoms with Crippen LogP contribution < -0.4 is 10.5 Å². The third kappa shape index (κ3) is 1.91. The number of nitrogens with one attached hydrogen (secondary N) is 1. The standard InChI is InChI=1S/C18H11N5O/c19-6-10-5-12(9-22-8-10)15-13-2-1-11-3-4-23-16(11)17(13)24-18(21)14(15)7-20/h1-5,8-9,15,23H,21H2.